The van der Waals surface area contributed by atoms with E-state index in [1.54, 1.807) is 35.2 Å². The van der Waals surface area contributed by atoms with Gasteiger partial charge < -0.3 is 20.0 Å². The number of thiazole rings is 1. The number of nitrogens with one attached hydrogen (secondary N) is 2. The van der Waals surface area contributed by atoms with E-state index < -0.39 is 0 Å². The topological polar surface area (TPSA) is 100 Å². The molecule has 0 saturated carbocycles. The summed E-state index contributed by atoms with van der Waals surface area (Å²) >= 11 is 3.26. The summed E-state index contributed by atoms with van der Waals surface area (Å²) in [6.45, 7) is 13.0. The summed E-state index contributed by atoms with van der Waals surface area (Å²) in [6.07, 6.45) is 6.79. The highest BCUT2D eigenvalue weighted by atomic mass is 32.2. The summed E-state index contributed by atoms with van der Waals surface area (Å²) in [7, 11) is 0. The van der Waals surface area contributed by atoms with Gasteiger partial charge in [0.25, 0.3) is 5.91 Å². The molecule has 0 spiro atoms. The van der Waals surface area contributed by atoms with Crippen molar-refractivity contribution in [3.05, 3.63) is 66.0 Å². The van der Waals surface area contributed by atoms with Gasteiger partial charge in [0.05, 0.1) is 22.4 Å². The number of thioether (sulfide) groups is 1. The molecule has 10 heteroatoms. The molecule has 0 aliphatic carbocycles. The molecule has 1 fully saturated rings. The Morgan fingerprint density at radius 1 is 1.30 bits per heavy atom. The fourth-order valence-corrected chi connectivity index (χ4v) is 5.85. The van der Waals surface area contributed by atoms with Crippen molar-refractivity contribution in [2.45, 2.75) is 62.0 Å². The second-order valence-corrected chi connectivity index (χ2v) is 12.4. The van der Waals surface area contributed by atoms with Crippen LogP contribution in [0.5, 0.6) is 0 Å². The van der Waals surface area contributed by atoms with E-state index >= 15 is 0 Å². The minimum atomic E-state index is -0.278. The Kier molecular flexibility index (Phi) is 8.39. The molecule has 2 aromatic heterocycles. The molecule has 37 heavy (non-hydrogen) atoms. The molecule has 1 unspecified atom stereocenters. The number of hydrogen-bond acceptors (Lipinski definition) is 8. The number of likely N-dealkylation sites (tertiary alicyclic amines) is 1. The molecule has 2 N–H and O–H groups in total. The standard InChI is InChI=1S/C27H33N5O3S2/c1-6-22(33)30-18-9-10-20(17(2)12-18)25(34)32-11-7-8-19(15-32)31-26-29-14-24(37-26)36-16-23-28-13-21(35-23)27(3,4)5/h6,9-10,12-14,19H,1,7-8,11,15-16H2,2-5H3,(H,29,31)(H,30,33). The number of nitrogens with zero attached hydrogens (tertiary/aromatic N) is 3. The molecule has 1 saturated heterocycles. The zero-order valence-electron chi connectivity index (χ0n) is 21.7. The number of carbonyl (C=O) groups is 2. The van der Waals surface area contributed by atoms with Crippen molar-refractivity contribution in [1.29, 1.82) is 0 Å². The highest BCUT2D eigenvalue weighted by molar-refractivity contribution is 8.00. The summed E-state index contributed by atoms with van der Waals surface area (Å²) in [5.74, 6) is 1.97. The van der Waals surface area contributed by atoms with Gasteiger partial charge in [-0.2, -0.15) is 0 Å². The van der Waals surface area contributed by atoms with Crippen molar-refractivity contribution < 1.29 is 14.0 Å². The first-order valence-electron chi connectivity index (χ1n) is 12.3. The number of benzene rings is 1. The van der Waals surface area contributed by atoms with Crippen molar-refractivity contribution in [3.63, 3.8) is 0 Å². The average molecular weight is 540 g/mol. The summed E-state index contributed by atoms with van der Waals surface area (Å²) in [5.41, 5.74) is 2.06. The van der Waals surface area contributed by atoms with Crippen LogP contribution in [0.25, 0.3) is 0 Å². The maximum atomic E-state index is 13.3. The minimum absolute atomic E-state index is 0.00144. The zero-order chi connectivity index (χ0) is 26.6. The molecule has 0 bridgehead atoms. The van der Waals surface area contributed by atoms with Crippen LogP contribution >= 0.6 is 23.1 Å². The van der Waals surface area contributed by atoms with Crippen LogP contribution in [0.1, 0.15) is 61.2 Å². The van der Waals surface area contributed by atoms with Gasteiger partial charge in [-0.15, -0.1) is 11.8 Å². The number of carbonyl (C=O) groups excluding carboxylic acids is 2. The fourth-order valence-electron chi connectivity index (χ4n) is 4.05. The van der Waals surface area contributed by atoms with Gasteiger partial charge >= 0.3 is 0 Å². The number of piperidine rings is 1. The van der Waals surface area contributed by atoms with Crippen molar-refractivity contribution in [3.8, 4) is 0 Å². The van der Waals surface area contributed by atoms with Crippen molar-refractivity contribution >= 4 is 45.7 Å². The number of anilines is 2. The third-order valence-electron chi connectivity index (χ3n) is 6.06. The SMILES string of the molecule is C=CC(=O)Nc1ccc(C(=O)N2CCCC(Nc3ncc(SCc4ncc(C(C)(C)C)o4)s3)C2)c(C)c1. The highest BCUT2D eigenvalue weighted by Crippen LogP contribution is 2.32. The van der Waals surface area contributed by atoms with E-state index in [0.717, 1.165) is 40.1 Å². The van der Waals surface area contributed by atoms with Crippen LogP contribution in [0, 0.1) is 6.92 Å². The molecule has 3 aromatic rings. The van der Waals surface area contributed by atoms with E-state index in [4.69, 9.17) is 4.42 Å². The first-order chi connectivity index (χ1) is 17.6. The number of amides is 2. The van der Waals surface area contributed by atoms with Gasteiger partial charge in [-0.05, 0) is 49.6 Å². The Hall–Kier alpha value is -3.11. The minimum Gasteiger partial charge on any atom is -0.444 e. The Morgan fingerprint density at radius 3 is 2.81 bits per heavy atom. The fraction of sp³-hybridized carbons (Fsp3) is 0.407. The quantitative estimate of drug-likeness (QED) is 0.273. The normalized spacial score (nSPS) is 15.9. The maximum Gasteiger partial charge on any atom is 0.254 e. The molecule has 2 amide bonds. The maximum absolute atomic E-state index is 13.3. The highest BCUT2D eigenvalue weighted by Gasteiger charge is 2.26. The predicted molar refractivity (Wildman–Crippen MR) is 149 cm³/mol. The molecular weight excluding hydrogens is 506 g/mol. The largest absolute Gasteiger partial charge is 0.444 e. The number of rotatable bonds is 8. The molecule has 1 atom stereocenters. The summed E-state index contributed by atoms with van der Waals surface area (Å²) in [4.78, 5) is 35.6. The van der Waals surface area contributed by atoms with Crippen molar-refractivity contribution in [1.82, 2.24) is 14.9 Å². The van der Waals surface area contributed by atoms with E-state index in [-0.39, 0.29) is 23.3 Å². The smallest absolute Gasteiger partial charge is 0.254 e. The molecule has 196 valence electrons. The first kappa shape index (κ1) is 26.9. The van der Waals surface area contributed by atoms with Crippen LogP contribution in [0.3, 0.4) is 0 Å². The molecule has 3 heterocycles. The summed E-state index contributed by atoms with van der Waals surface area (Å²) in [5, 5.41) is 7.10. The lowest BCUT2D eigenvalue weighted by Gasteiger charge is -2.33. The number of hydrogen-bond donors (Lipinski definition) is 2. The van der Waals surface area contributed by atoms with E-state index in [2.05, 4.69) is 48.0 Å². The Balaban J connectivity index is 1.32. The summed E-state index contributed by atoms with van der Waals surface area (Å²) < 4.78 is 6.97. The lowest BCUT2D eigenvalue weighted by Crippen LogP contribution is -2.45. The van der Waals surface area contributed by atoms with Crippen molar-refractivity contribution in [2.75, 3.05) is 23.7 Å². The number of oxazole rings is 1. The van der Waals surface area contributed by atoms with Crippen LogP contribution < -0.4 is 10.6 Å². The molecule has 1 aliphatic rings. The van der Waals surface area contributed by atoms with E-state index in [1.165, 1.54) is 6.08 Å². The lowest BCUT2D eigenvalue weighted by molar-refractivity contribution is -0.111. The van der Waals surface area contributed by atoms with Crippen molar-refractivity contribution in [2.24, 2.45) is 0 Å². The van der Waals surface area contributed by atoms with E-state index in [0.29, 0.717) is 29.4 Å². The Labute approximate surface area is 226 Å². The summed E-state index contributed by atoms with van der Waals surface area (Å²) in [6, 6.07) is 5.47. The molecule has 1 aliphatic heterocycles. The zero-order valence-corrected chi connectivity index (χ0v) is 23.3. The van der Waals surface area contributed by atoms with Gasteiger partial charge in [0, 0.05) is 35.8 Å². The molecule has 8 nitrogen and oxygen atoms in total. The van der Waals surface area contributed by atoms with Gasteiger partial charge in [-0.3, -0.25) is 9.59 Å². The molecule has 4 rings (SSSR count). The van der Waals surface area contributed by atoms with Gasteiger partial charge in [-0.25, -0.2) is 9.97 Å². The Bertz CT molecular complexity index is 1280. The third kappa shape index (κ3) is 7.01. The van der Waals surface area contributed by atoms with Crippen LogP contribution in [-0.2, 0) is 16.0 Å². The number of aryl methyl sites for hydroxylation is 1. The predicted octanol–water partition coefficient (Wildman–Crippen LogP) is 5.87. The number of aromatic nitrogens is 2. The Morgan fingerprint density at radius 2 is 2.11 bits per heavy atom. The lowest BCUT2D eigenvalue weighted by atomic mass is 9.94. The van der Waals surface area contributed by atoms with Gasteiger partial charge in [0.2, 0.25) is 11.8 Å². The van der Waals surface area contributed by atoms with E-state index in [9.17, 15) is 9.59 Å². The second-order valence-electron chi connectivity index (χ2n) is 10.1. The van der Waals surface area contributed by atoms with Crippen LogP contribution in [-0.4, -0.2) is 45.8 Å². The second kappa shape index (κ2) is 11.5. The molecular formula is C27H33N5O3S2. The van der Waals surface area contributed by atoms with Crippen LogP contribution in [0.4, 0.5) is 10.8 Å². The van der Waals surface area contributed by atoms with Gasteiger partial charge in [0.15, 0.2) is 5.13 Å². The van der Waals surface area contributed by atoms with E-state index in [1.807, 2.05) is 30.3 Å². The monoisotopic (exact) mass is 539 g/mol. The van der Waals surface area contributed by atoms with Gasteiger partial charge in [-0.1, -0.05) is 38.7 Å². The van der Waals surface area contributed by atoms with Gasteiger partial charge in [0.1, 0.15) is 5.76 Å². The van der Waals surface area contributed by atoms with Crippen LogP contribution in [0.15, 0.2) is 51.9 Å². The first-order valence-corrected chi connectivity index (χ1v) is 14.1. The molecule has 1 aromatic carbocycles. The van der Waals surface area contributed by atoms with Crippen LogP contribution in [0.2, 0.25) is 0 Å². The third-order valence-corrected chi connectivity index (χ3v) is 8.17. The molecule has 0 radical (unpaired) electrons. The average Bonchev–Trinajstić information content (AvgIpc) is 3.52.